The maximum Gasteiger partial charge on any atom is 0.251 e. The molecule has 1 aliphatic rings. The molecular formula is C13H13BrClNO3. The molecule has 0 aliphatic carbocycles. The van der Waals surface area contributed by atoms with Gasteiger partial charge in [-0.15, -0.1) is 0 Å². The quantitative estimate of drug-likeness (QED) is 0.669. The fraction of sp³-hybridized carbons (Fsp3) is 0.308. The van der Waals surface area contributed by atoms with Crippen LogP contribution in [0, 0.1) is 0 Å². The Labute approximate surface area is 124 Å². The summed E-state index contributed by atoms with van der Waals surface area (Å²) in [6, 6.07) is 1.84. The Morgan fingerprint density at radius 2 is 2.42 bits per heavy atom. The van der Waals surface area contributed by atoms with Crippen LogP contribution in [-0.2, 0) is 27.5 Å². The first-order valence-electron chi connectivity index (χ1n) is 5.80. The van der Waals surface area contributed by atoms with Crippen molar-refractivity contribution >= 4 is 39.1 Å². The number of anilines is 1. The van der Waals surface area contributed by atoms with Gasteiger partial charge in [0.2, 0.25) is 0 Å². The molecule has 0 saturated carbocycles. The summed E-state index contributed by atoms with van der Waals surface area (Å²) in [5.41, 5.74) is 2.62. The smallest absolute Gasteiger partial charge is 0.251 e. The Morgan fingerprint density at radius 1 is 1.63 bits per heavy atom. The van der Waals surface area contributed by atoms with Gasteiger partial charge in [-0.3, -0.25) is 4.79 Å². The van der Waals surface area contributed by atoms with E-state index in [1.807, 2.05) is 13.0 Å². The summed E-state index contributed by atoms with van der Waals surface area (Å²) in [5.74, 6) is -0.291. The molecule has 0 saturated heterocycles. The van der Waals surface area contributed by atoms with Crippen molar-refractivity contribution in [3.8, 4) is 0 Å². The zero-order chi connectivity index (χ0) is 13.8. The Balaban J connectivity index is 2.17. The number of ether oxygens (including phenoxy) is 2. The Kier molecular flexibility index (Phi) is 4.85. The normalized spacial score (nSPS) is 13.6. The van der Waals surface area contributed by atoms with Gasteiger partial charge in [0.05, 0.1) is 36.8 Å². The van der Waals surface area contributed by atoms with Crippen molar-refractivity contribution in [2.24, 2.45) is 0 Å². The molecule has 4 nitrogen and oxygen atoms in total. The number of hydrogen-bond acceptors (Lipinski definition) is 3. The highest BCUT2D eigenvalue weighted by Crippen LogP contribution is 2.38. The van der Waals surface area contributed by atoms with Crippen molar-refractivity contribution in [1.82, 2.24) is 0 Å². The highest BCUT2D eigenvalue weighted by molar-refractivity contribution is 9.10. The van der Waals surface area contributed by atoms with Crippen LogP contribution in [0.1, 0.15) is 18.1 Å². The number of benzene rings is 1. The molecule has 19 heavy (non-hydrogen) atoms. The van der Waals surface area contributed by atoms with E-state index in [2.05, 4.69) is 21.2 Å². The monoisotopic (exact) mass is 345 g/mol. The number of amides is 1. The second kappa shape index (κ2) is 6.41. The van der Waals surface area contributed by atoms with Gasteiger partial charge < -0.3 is 14.8 Å². The van der Waals surface area contributed by atoms with Gasteiger partial charge in [-0.2, -0.15) is 0 Å². The Hall–Kier alpha value is -1.04. The van der Waals surface area contributed by atoms with Crippen LogP contribution in [0.2, 0.25) is 5.02 Å². The van der Waals surface area contributed by atoms with Crippen LogP contribution in [-0.4, -0.2) is 12.5 Å². The molecule has 6 heteroatoms. The van der Waals surface area contributed by atoms with E-state index in [1.54, 1.807) is 0 Å². The summed E-state index contributed by atoms with van der Waals surface area (Å²) < 4.78 is 11.1. The van der Waals surface area contributed by atoms with E-state index in [0.29, 0.717) is 30.5 Å². The first kappa shape index (κ1) is 14.4. The number of carbonyl (C=O) groups is 1. The third-order valence-electron chi connectivity index (χ3n) is 2.64. The molecule has 1 heterocycles. The maximum absolute atomic E-state index is 11.7. The molecule has 0 fully saturated rings. The molecule has 0 bridgehead atoms. The lowest BCUT2D eigenvalue weighted by molar-refractivity contribution is -0.112. The second-order valence-corrected chi connectivity index (χ2v) is 5.10. The highest BCUT2D eigenvalue weighted by atomic mass is 79.9. The first-order chi connectivity index (χ1) is 9.13. The lowest BCUT2D eigenvalue weighted by Gasteiger charge is -2.10. The summed E-state index contributed by atoms with van der Waals surface area (Å²) >= 11 is 9.64. The molecule has 0 atom stereocenters. The molecule has 0 radical (unpaired) electrons. The van der Waals surface area contributed by atoms with Gasteiger partial charge in [-0.25, -0.2) is 0 Å². The molecular weight excluding hydrogens is 334 g/mol. The summed E-state index contributed by atoms with van der Waals surface area (Å²) in [5, 5.41) is 3.19. The minimum absolute atomic E-state index is 0.291. The molecule has 1 aromatic carbocycles. The molecule has 0 spiro atoms. The Bertz CT molecular complexity index is 531. The van der Waals surface area contributed by atoms with Crippen LogP contribution in [0.15, 0.2) is 22.9 Å². The van der Waals surface area contributed by atoms with E-state index in [4.69, 9.17) is 21.1 Å². The number of fused-ring (bicyclic) bond motifs is 1. The van der Waals surface area contributed by atoms with E-state index < -0.39 is 0 Å². The fourth-order valence-corrected chi connectivity index (χ4v) is 2.53. The standard InChI is InChI=1S/C13H13BrClNO3/c1-2-18-4-3-11(17)16-10-5-8-6-19-7-9(8)12(14)13(10)15/h3-5H,2,6-7H2,1H3,(H,16,17)/b4-3+. The molecule has 0 unspecified atom stereocenters. The molecule has 1 aliphatic heterocycles. The summed E-state index contributed by atoms with van der Waals surface area (Å²) in [6.07, 6.45) is 2.67. The molecule has 1 N–H and O–H groups in total. The van der Waals surface area contributed by atoms with Crippen molar-refractivity contribution in [1.29, 1.82) is 0 Å². The van der Waals surface area contributed by atoms with E-state index in [1.165, 1.54) is 12.3 Å². The topological polar surface area (TPSA) is 47.6 Å². The molecule has 1 amide bonds. The van der Waals surface area contributed by atoms with Crippen LogP contribution < -0.4 is 5.32 Å². The zero-order valence-electron chi connectivity index (χ0n) is 10.3. The lowest BCUT2D eigenvalue weighted by atomic mass is 10.1. The van der Waals surface area contributed by atoms with Crippen molar-refractivity contribution in [3.63, 3.8) is 0 Å². The highest BCUT2D eigenvalue weighted by Gasteiger charge is 2.20. The summed E-state index contributed by atoms with van der Waals surface area (Å²) in [6.45, 7) is 3.43. The SMILES string of the molecule is CCO/C=C/C(=O)Nc1cc2c(c(Br)c1Cl)COC2. The molecule has 102 valence electrons. The number of nitrogens with one attached hydrogen (secondary N) is 1. The van der Waals surface area contributed by atoms with E-state index >= 15 is 0 Å². The van der Waals surface area contributed by atoms with Crippen LogP contribution in [0.5, 0.6) is 0 Å². The Morgan fingerprint density at radius 3 is 3.16 bits per heavy atom. The second-order valence-electron chi connectivity index (χ2n) is 3.93. The van der Waals surface area contributed by atoms with Crippen molar-refractivity contribution in [2.75, 3.05) is 11.9 Å². The lowest BCUT2D eigenvalue weighted by Crippen LogP contribution is -2.09. The number of carbonyl (C=O) groups excluding carboxylic acids is 1. The van der Waals surface area contributed by atoms with E-state index in [-0.39, 0.29) is 5.91 Å². The average Bonchev–Trinajstić information content (AvgIpc) is 2.84. The van der Waals surface area contributed by atoms with Crippen LogP contribution >= 0.6 is 27.5 Å². The third kappa shape index (κ3) is 3.29. The van der Waals surface area contributed by atoms with Gasteiger partial charge in [-0.1, -0.05) is 11.6 Å². The summed E-state index contributed by atoms with van der Waals surface area (Å²) in [7, 11) is 0. The average molecular weight is 347 g/mol. The summed E-state index contributed by atoms with van der Waals surface area (Å²) in [4.78, 5) is 11.7. The van der Waals surface area contributed by atoms with Gasteiger partial charge in [0.25, 0.3) is 5.91 Å². The maximum atomic E-state index is 11.7. The predicted octanol–water partition coefficient (Wildman–Crippen LogP) is 3.62. The minimum atomic E-state index is -0.291. The van der Waals surface area contributed by atoms with Crippen molar-refractivity contribution in [2.45, 2.75) is 20.1 Å². The van der Waals surface area contributed by atoms with E-state index in [0.717, 1.165) is 15.6 Å². The van der Waals surface area contributed by atoms with Crippen molar-refractivity contribution < 1.29 is 14.3 Å². The van der Waals surface area contributed by atoms with Crippen LogP contribution in [0.4, 0.5) is 5.69 Å². The first-order valence-corrected chi connectivity index (χ1v) is 6.97. The van der Waals surface area contributed by atoms with Crippen LogP contribution in [0.3, 0.4) is 0 Å². The number of hydrogen-bond donors (Lipinski definition) is 1. The molecule has 2 rings (SSSR count). The van der Waals surface area contributed by atoms with Gasteiger partial charge in [0, 0.05) is 10.5 Å². The van der Waals surface area contributed by atoms with Gasteiger partial charge >= 0.3 is 0 Å². The number of halogens is 2. The van der Waals surface area contributed by atoms with Crippen LogP contribution in [0.25, 0.3) is 0 Å². The van der Waals surface area contributed by atoms with E-state index in [9.17, 15) is 4.79 Å². The predicted molar refractivity (Wildman–Crippen MR) is 77.0 cm³/mol. The molecule has 1 aromatic rings. The molecule has 0 aromatic heterocycles. The van der Waals surface area contributed by atoms with Gasteiger partial charge in [-0.05, 0) is 40.0 Å². The zero-order valence-corrected chi connectivity index (χ0v) is 12.7. The number of rotatable bonds is 4. The fourth-order valence-electron chi connectivity index (χ4n) is 1.74. The van der Waals surface area contributed by atoms with Gasteiger partial charge in [0.15, 0.2) is 0 Å². The largest absolute Gasteiger partial charge is 0.501 e. The minimum Gasteiger partial charge on any atom is -0.501 e. The van der Waals surface area contributed by atoms with Gasteiger partial charge in [0.1, 0.15) is 0 Å². The van der Waals surface area contributed by atoms with Crippen molar-refractivity contribution in [3.05, 3.63) is 39.0 Å². The third-order valence-corrected chi connectivity index (χ3v) is 4.14.